The minimum atomic E-state index is -4.52. The van der Waals surface area contributed by atoms with Crippen molar-refractivity contribution in [3.63, 3.8) is 0 Å². The lowest BCUT2D eigenvalue weighted by atomic mass is 9.99. The predicted molar refractivity (Wildman–Crippen MR) is 109 cm³/mol. The molecule has 1 aliphatic heterocycles. The highest BCUT2D eigenvalue weighted by Gasteiger charge is 2.36. The van der Waals surface area contributed by atoms with Gasteiger partial charge >= 0.3 is 12.2 Å². The van der Waals surface area contributed by atoms with Gasteiger partial charge in [-0.25, -0.2) is 15.0 Å². The topological polar surface area (TPSA) is 81.1 Å². The zero-order valence-electron chi connectivity index (χ0n) is 17.2. The maximum atomic E-state index is 13.4. The van der Waals surface area contributed by atoms with Crippen molar-refractivity contribution in [1.29, 1.82) is 0 Å². The van der Waals surface area contributed by atoms with Gasteiger partial charge in [0.2, 0.25) is 0 Å². The molecule has 2 unspecified atom stereocenters. The summed E-state index contributed by atoms with van der Waals surface area (Å²) in [6.45, 7) is 2.32. The maximum absolute atomic E-state index is 13.4. The molecule has 3 aromatic rings. The van der Waals surface area contributed by atoms with Crippen LogP contribution in [0, 0.1) is 0 Å². The fraction of sp³-hybridized carbons (Fsp3) is 0.318. The molecule has 0 spiro atoms. The van der Waals surface area contributed by atoms with Crippen LogP contribution in [0.5, 0.6) is 6.01 Å². The number of aromatic nitrogens is 4. The maximum Gasteiger partial charge on any atom is 0.419 e. The molecule has 2 aromatic heterocycles. The van der Waals surface area contributed by atoms with Crippen molar-refractivity contribution in [2.45, 2.75) is 38.1 Å². The van der Waals surface area contributed by atoms with E-state index in [0.29, 0.717) is 37.5 Å². The number of likely N-dealkylation sites (tertiary alicyclic amines) is 1. The number of benzene rings is 1. The fourth-order valence-electron chi connectivity index (χ4n) is 3.65. The Labute approximate surface area is 182 Å². The quantitative estimate of drug-likeness (QED) is 0.606. The van der Waals surface area contributed by atoms with Gasteiger partial charge in [-0.1, -0.05) is 30.3 Å². The highest BCUT2D eigenvalue weighted by atomic mass is 19.4. The van der Waals surface area contributed by atoms with Crippen LogP contribution >= 0.6 is 0 Å². The monoisotopic (exact) mass is 443 g/mol. The summed E-state index contributed by atoms with van der Waals surface area (Å²) in [7, 11) is 0. The molecule has 0 saturated carbocycles. The third kappa shape index (κ3) is 4.53. The van der Waals surface area contributed by atoms with Crippen LogP contribution in [0.1, 0.15) is 35.8 Å². The SMILES string of the molecule is CC1C(Oc2ncc(C(F)(F)F)cn2)CCCN1C(=O)c1nccnc1-c1ccccc1. The van der Waals surface area contributed by atoms with Crippen molar-refractivity contribution in [1.82, 2.24) is 24.8 Å². The first kappa shape index (κ1) is 21.7. The Hall–Kier alpha value is -3.56. The number of ether oxygens (including phenoxy) is 1. The van der Waals surface area contributed by atoms with Gasteiger partial charge in [-0.3, -0.25) is 9.78 Å². The number of hydrogen-bond acceptors (Lipinski definition) is 6. The lowest BCUT2D eigenvalue weighted by molar-refractivity contribution is -0.138. The average molecular weight is 443 g/mol. The van der Waals surface area contributed by atoms with Gasteiger partial charge in [0.25, 0.3) is 5.91 Å². The number of alkyl halides is 3. The van der Waals surface area contributed by atoms with Crippen LogP contribution in [0.3, 0.4) is 0 Å². The number of carbonyl (C=O) groups excluding carboxylic acids is 1. The van der Waals surface area contributed by atoms with Crippen molar-refractivity contribution in [2.24, 2.45) is 0 Å². The van der Waals surface area contributed by atoms with Gasteiger partial charge in [0, 0.05) is 36.9 Å². The molecule has 2 atom stereocenters. The van der Waals surface area contributed by atoms with Gasteiger partial charge in [-0.05, 0) is 19.8 Å². The standard InChI is InChI=1S/C22H20F3N5O2/c1-14-17(32-21-28-12-16(13-29-21)22(23,24)25)8-5-11-30(14)20(31)19-18(26-9-10-27-19)15-6-3-2-4-7-15/h2-4,6-7,9-10,12-14,17H,5,8,11H2,1H3. The third-order valence-electron chi connectivity index (χ3n) is 5.34. The number of hydrogen-bond donors (Lipinski definition) is 0. The first-order chi connectivity index (χ1) is 15.3. The minimum Gasteiger partial charge on any atom is -0.458 e. The molecule has 7 nitrogen and oxygen atoms in total. The van der Waals surface area contributed by atoms with Gasteiger partial charge in [0.05, 0.1) is 11.6 Å². The van der Waals surface area contributed by atoms with Crippen LogP contribution in [0.4, 0.5) is 13.2 Å². The van der Waals surface area contributed by atoms with Gasteiger partial charge in [0.15, 0.2) is 5.69 Å². The molecule has 1 amide bonds. The second-order valence-electron chi connectivity index (χ2n) is 7.41. The van der Waals surface area contributed by atoms with E-state index in [0.717, 1.165) is 5.56 Å². The summed E-state index contributed by atoms with van der Waals surface area (Å²) in [5.41, 5.74) is 0.547. The Morgan fingerprint density at radius 1 is 1.06 bits per heavy atom. The molecular weight excluding hydrogens is 423 g/mol. The smallest absolute Gasteiger partial charge is 0.419 e. The summed E-state index contributed by atoms with van der Waals surface area (Å²) in [5.74, 6) is -0.286. The molecule has 1 fully saturated rings. The van der Waals surface area contributed by atoms with Crippen LogP contribution < -0.4 is 4.74 Å². The number of carbonyl (C=O) groups is 1. The van der Waals surface area contributed by atoms with Crippen LogP contribution in [0.15, 0.2) is 55.1 Å². The lowest BCUT2D eigenvalue weighted by Gasteiger charge is -2.38. The molecule has 32 heavy (non-hydrogen) atoms. The van der Waals surface area contributed by atoms with Gasteiger partial charge in [-0.15, -0.1) is 0 Å². The third-order valence-corrected chi connectivity index (χ3v) is 5.34. The fourth-order valence-corrected chi connectivity index (χ4v) is 3.65. The Balaban J connectivity index is 1.53. The van der Waals surface area contributed by atoms with Crippen molar-refractivity contribution in [3.8, 4) is 17.3 Å². The number of amides is 1. The average Bonchev–Trinajstić information content (AvgIpc) is 2.80. The second kappa shape index (κ2) is 8.89. The first-order valence-electron chi connectivity index (χ1n) is 10.1. The molecule has 4 rings (SSSR count). The molecular formula is C22H20F3N5O2. The number of rotatable bonds is 4. The van der Waals surface area contributed by atoms with E-state index in [2.05, 4.69) is 19.9 Å². The first-order valence-corrected chi connectivity index (χ1v) is 10.1. The Morgan fingerprint density at radius 3 is 2.44 bits per heavy atom. The molecule has 10 heteroatoms. The highest BCUT2D eigenvalue weighted by molar-refractivity contribution is 5.98. The number of nitrogens with zero attached hydrogens (tertiary/aromatic N) is 5. The normalized spacial score (nSPS) is 18.9. The van der Waals surface area contributed by atoms with Crippen LogP contribution in [0.25, 0.3) is 11.3 Å². The van der Waals surface area contributed by atoms with Gasteiger partial charge < -0.3 is 9.64 Å². The molecule has 0 radical (unpaired) electrons. The molecule has 1 aliphatic rings. The molecule has 0 N–H and O–H groups in total. The van der Waals surface area contributed by atoms with Crippen molar-refractivity contribution in [3.05, 3.63) is 66.4 Å². The summed E-state index contributed by atoms with van der Waals surface area (Å²) in [6.07, 6.45) is 0.651. The molecule has 1 saturated heterocycles. The lowest BCUT2D eigenvalue weighted by Crippen LogP contribution is -2.51. The van der Waals surface area contributed by atoms with Crippen LogP contribution in [-0.2, 0) is 6.18 Å². The summed E-state index contributed by atoms with van der Waals surface area (Å²) in [6, 6.07) is 8.77. The van der Waals surface area contributed by atoms with Gasteiger partial charge in [0.1, 0.15) is 11.8 Å². The minimum absolute atomic E-state index is 0.159. The number of piperidine rings is 1. The summed E-state index contributed by atoms with van der Waals surface area (Å²) in [4.78, 5) is 31.0. The number of halogens is 3. The van der Waals surface area contributed by atoms with E-state index in [1.807, 2.05) is 37.3 Å². The van der Waals surface area contributed by atoms with Crippen molar-refractivity contribution < 1.29 is 22.7 Å². The largest absolute Gasteiger partial charge is 0.458 e. The van der Waals surface area contributed by atoms with E-state index in [4.69, 9.17) is 4.74 Å². The molecule has 1 aromatic carbocycles. The second-order valence-corrected chi connectivity index (χ2v) is 7.41. The van der Waals surface area contributed by atoms with E-state index >= 15 is 0 Å². The van der Waals surface area contributed by atoms with E-state index in [1.54, 1.807) is 4.90 Å². The zero-order valence-corrected chi connectivity index (χ0v) is 17.2. The molecule has 3 heterocycles. The molecule has 166 valence electrons. The highest BCUT2D eigenvalue weighted by Crippen LogP contribution is 2.29. The van der Waals surface area contributed by atoms with Gasteiger partial charge in [-0.2, -0.15) is 13.2 Å². The zero-order chi connectivity index (χ0) is 22.7. The van der Waals surface area contributed by atoms with Crippen molar-refractivity contribution >= 4 is 5.91 Å². The van der Waals surface area contributed by atoms with E-state index in [-0.39, 0.29) is 23.7 Å². The summed E-state index contributed by atoms with van der Waals surface area (Å²) >= 11 is 0. The van der Waals surface area contributed by atoms with E-state index in [9.17, 15) is 18.0 Å². The molecule has 0 bridgehead atoms. The summed E-state index contributed by atoms with van der Waals surface area (Å²) < 4.78 is 43.9. The van der Waals surface area contributed by atoms with Crippen LogP contribution in [0.2, 0.25) is 0 Å². The van der Waals surface area contributed by atoms with Crippen molar-refractivity contribution in [2.75, 3.05) is 6.54 Å². The van der Waals surface area contributed by atoms with E-state index < -0.39 is 17.8 Å². The molecule has 0 aliphatic carbocycles. The predicted octanol–water partition coefficient (Wildman–Crippen LogP) is 4.02. The Morgan fingerprint density at radius 2 is 1.75 bits per heavy atom. The Kier molecular flexibility index (Phi) is 6.02. The van der Waals surface area contributed by atoms with Crippen LogP contribution in [-0.4, -0.2) is 49.4 Å². The van der Waals surface area contributed by atoms with E-state index in [1.165, 1.54) is 12.4 Å². The summed E-state index contributed by atoms with van der Waals surface area (Å²) in [5, 5.41) is 0. The Bertz CT molecular complexity index is 1080.